The number of hydrogen-bond acceptors (Lipinski definition) is 4. The topological polar surface area (TPSA) is 72.5 Å². The van der Waals surface area contributed by atoms with Gasteiger partial charge in [-0.3, -0.25) is 0 Å². The highest BCUT2D eigenvalue weighted by molar-refractivity contribution is 7.91. The summed E-state index contributed by atoms with van der Waals surface area (Å²) in [5.74, 6) is -1.11. The van der Waals surface area contributed by atoms with E-state index in [1.54, 1.807) is 6.92 Å². The van der Waals surface area contributed by atoms with E-state index in [9.17, 15) is 17.6 Å². The van der Waals surface area contributed by atoms with Gasteiger partial charge in [-0.1, -0.05) is 0 Å². The molecule has 1 rings (SSSR count). The predicted octanol–water partition coefficient (Wildman–Crippen LogP) is 1.30. The van der Waals surface area contributed by atoms with Gasteiger partial charge in [-0.2, -0.15) is 0 Å². The molecule has 0 fully saturated rings. The zero-order valence-corrected chi connectivity index (χ0v) is 9.96. The van der Waals surface area contributed by atoms with Gasteiger partial charge in [0.15, 0.2) is 9.84 Å². The molecule has 1 aromatic carbocycles. The summed E-state index contributed by atoms with van der Waals surface area (Å²) in [6, 6.07) is 4.35. The second kappa shape index (κ2) is 5.62. The van der Waals surface area contributed by atoms with Crippen molar-refractivity contribution < 1.29 is 22.3 Å². The smallest absolute Gasteiger partial charge is 0.407 e. The van der Waals surface area contributed by atoms with Gasteiger partial charge in [-0.25, -0.2) is 17.6 Å². The molecule has 0 unspecified atom stereocenters. The summed E-state index contributed by atoms with van der Waals surface area (Å²) in [6.07, 6.45) is -0.807. The largest absolute Gasteiger partial charge is 0.450 e. The summed E-state index contributed by atoms with van der Waals surface area (Å²) >= 11 is 0. The zero-order chi connectivity index (χ0) is 12.9. The van der Waals surface area contributed by atoms with E-state index in [4.69, 9.17) is 0 Å². The fraction of sp³-hybridized carbons (Fsp3) is 0.300. The van der Waals surface area contributed by atoms with Gasteiger partial charge in [0.1, 0.15) is 11.7 Å². The van der Waals surface area contributed by atoms with E-state index in [-0.39, 0.29) is 11.5 Å². The van der Waals surface area contributed by atoms with Crippen LogP contribution in [0.5, 0.6) is 0 Å². The molecule has 0 radical (unpaired) electrons. The average molecular weight is 261 g/mol. The first-order chi connectivity index (χ1) is 7.95. The molecule has 7 heteroatoms. The minimum Gasteiger partial charge on any atom is -0.450 e. The molecule has 0 saturated heterocycles. The van der Waals surface area contributed by atoms with E-state index in [1.165, 1.54) is 0 Å². The molecule has 0 spiro atoms. The van der Waals surface area contributed by atoms with Crippen molar-refractivity contribution >= 4 is 15.9 Å². The molecule has 0 aliphatic carbocycles. The molecular formula is C10H12FNO4S. The van der Waals surface area contributed by atoms with Crippen LogP contribution in [0.4, 0.5) is 9.18 Å². The molecule has 0 aliphatic heterocycles. The molecule has 0 heterocycles. The summed E-state index contributed by atoms with van der Waals surface area (Å²) < 4.78 is 40.4. The standard InChI is InChI=1S/C10H12FNO4S/c1-2-16-10(13)12-7-17(14,15)9-5-3-8(11)4-6-9/h3-6H,2,7H2,1H3,(H,12,13). The fourth-order valence-electron chi connectivity index (χ4n) is 1.06. The molecule has 17 heavy (non-hydrogen) atoms. The first kappa shape index (κ1) is 13.4. The molecule has 0 saturated carbocycles. The van der Waals surface area contributed by atoms with Crippen LogP contribution in [-0.2, 0) is 14.6 Å². The fourth-order valence-corrected chi connectivity index (χ4v) is 2.09. The van der Waals surface area contributed by atoms with Crippen LogP contribution >= 0.6 is 0 Å². The second-order valence-electron chi connectivity index (χ2n) is 3.11. The Balaban J connectivity index is 2.69. The van der Waals surface area contributed by atoms with Crippen molar-refractivity contribution in [3.63, 3.8) is 0 Å². The molecule has 1 amide bonds. The van der Waals surface area contributed by atoms with Crippen LogP contribution in [0.3, 0.4) is 0 Å². The summed E-state index contributed by atoms with van der Waals surface area (Å²) in [6.45, 7) is 1.76. The zero-order valence-electron chi connectivity index (χ0n) is 9.14. The monoisotopic (exact) mass is 261 g/mol. The highest BCUT2D eigenvalue weighted by atomic mass is 32.2. The number of halogens is 1. The summed E-state index contributed by atoms with van der Waals surface area (Å²) in [5.41, 5.74) is 0. The van der Waals surface area contributed by atoms with Gasteiger partial charge in [-0.15, -0.1) is 0 Å². The average Bonchev–Trinajstić information content (AvgIpc) is 2.28. The number of carbonyl (C=O) groups is 1. The first-order valence-corrected chi connectivity index (χ1v) is 6.50. The highest BCUT2D eigenvalue weighted by Gasteiger charge is 2.15. The highest BCUT2D eigenvalue weighted by Crippen LogP contribution is 2.10. The third kappa shape index (κ3) is 4.03. The summed E-state index contributed by atoms with van der Waals surface area (Å²) in [4.78, 5) is 10.9. The van der Waals surface area contributed by atoms with E-state index in [0.717, 1.165) is 24.3 Å². The third-order valence-electron chi connectivity index (χ3n) is 1.85. The summed E-state index contributed by atoms with van der Waals surface area (Å²) in [5, 5.41) is 2.09. The number of amides is 1. The van der Waals surface area contributed by atoms with Crippen molar-refractivity contribution in [2.45, 2.75) is 11.8 Å². The van der Waals surface area contributed by atoms with Gasteiger partial charge >= 0.3 is 6.09 Å². The maximum atomic E-state index is 12.6. The van der Waals surface area contributed by atoms with E-state index >= 15 is 0 Å². The van der Waals surface area contributed by atoms with Gasteiger partial charge in [0.05, 0.1) is 11.5 Å². The van der Waals surface area contributed by atoms with E-state index in [2.05, 4.69) is 10.1 Å². The van der Waals surface area contributed by atoms with Crippen LogP contribution in [0.1, 0.15) is 6.92 Å². The van der Waals surface area contributed by atoms with Crippen molar-refractivity contribution in [2.75, 3.05) is 12.5 Å². The Bertz CT molecular complexity index is 484. The lowest BCUT2D eigenvalue weighted by Gasteiger charge is -2.06. The minimum atomic E-state index is -3.67. The molecule has 5 nitrogen and oxygen atoms in total. The molecule has 0 bridgehead atoms. The lowest BCUT2D eigenvalue weighted by molar-refractivity contribution is 0.154. The normalized spacial score (nSPS) is 10.9. The molecule has 1 aromatic rings. The van der Waals surface area contributed by atoms with Crippen LogP contribution in [0.15, 0.2) is 29.2 Å². The number of hydrogen-bond donors (Lipinski definition) is 1. The van der Waals surface area contributed by atoms with Gasteiger partial charge < -0.3 is 10.1 Å². The van der Waals surface area contributed by atoms with Crippen LogP contribution in [0, 0.1) is 5.82 Å². The molecule has 0 atom stereocenters. The lowest BCUT2D eigenvalue weighted by atomic mass is 10.4. The van der Waals surface area contributed by atoms with E-state index in [1.807, 2.05) is 0 Å². The van der Waals surface area contributed by atoms with Crippen LogP contribution < -0.4 is 5.32 Å². The van der Waals surface area contributed by atoms with Crippen molar-refractivity contribution in [1.82, 2.24) is 5.32 Å². The number of benzene rings is 1. The SMILES string of the molecule is CCOC(=O)NCS(=O)(=O)c1ccc(F)cc1. The molecule has 94 valence electrons. The number of rotatable bonds is 4. The Kier molecular flexibility index (Phi) is 4.45. The van der Waals surface area contributed by atoms with Gasteiger partial charge in [-0.05, 0) is 31.2 Å². The number of ether oxygens (including phenoxy) is 1. The van der Waals surface area contributed by atoms with Crippen LogP contribution in [0.2, 0.25) is 0 Å². The summed E-state index contributed by atoms with van der Waals surface area (Å²) in [7, 11) is -3.67. The maximum absolute atomic E-state index is 12.6. The Labute approximate surface area is 98.5 Å². The van der Waals surface area contributed by atoms with Crippen molar-refractivity contribution in [2.24, 2.45) is 0 Å². The molecule has 1 N–H and O–H groups in total. The molecule has 0 aromatic heterocycles. The maximum Gasteiger partial charge on any atom is 0.407 e. The quantitative estimate of drug-likeness (QED) is 0.829. The van der Waals surface area contributed by atoms with Crippen LogP contribution in [0.25, 0.3) is 0 Å². The van der Waals surface area contributed by atoms with E-state index < -0.39 is 27.6 Å². The number of alkyl carbamates (subject to hydrolysis) is 1. The third-order valence-corrected chi connectivity index (χ3v) is 3.37. The first-order valence-electron chi connectivity index (χ1n) is 4.84. The van der Waals surface area contributed by atoms with E-state index in [0.29, 0.717) is 0 Å². The van der Waals surface area contributed by atoms with Gasteiger partial charge in [0.2, 0.25) is 0 Å². The lowest BCUT2D eigenvalue weighted by Crippen LogP contribution is -2.30. The second-order valence-corrected chi connectivity index (χ2v) is 5.10. The van der Waals surface area contributed by atoms with Crippen LogP contribution in [-0.4, -0.2) is 27.0 Å². The Hall–Kier alpha value is -1.63. The Morgan fingerprint density at radius 1 is 1.35 bits per heavy atom. The van der Waals surface area contributed by atoms with Gasteiger partial charge in [0, 0.05) is 0 Å². The van der Waals surface area contributed by atoms with Crippen molar-refractivity contribution in [3.8, 4) is 0 Å². The molecule has 0 aliphatic rings. The Morgan fingerprint density at radius 2 is 1.94 bits per heavy atom. The predicted molar refractivity (Wildman–Crippen MR) is 58.6 cm³/mol. The van der Waals surface area contributed by atoms with Crippen molar-refractivity contribution in [1.29, 1.82) is 0 Å². The Morgan fingerprint density at radius 3 is 2.47 bits per heavy atom. The number of nitrogens with one attached hydrogen (secondary N) is 1. The van der Waals surface area contributed by atoms with Gasteiger partial charge in [0.25, 0.3) is 0 Å². The number of carbonyl (C=O) groups excluding carboxylic acids is 1. The number of sulfone groups is 1. The minimum absolute atomic E-state index is 0.0595. The van der Waals surface area contributed by atoms with Crippen molar-refractivity contribution in [3.05, 3.63) is 30.1 Å². The molecular weight excluding hydrogens is 249 g/mol.